The SMILES string of the molecule is CNC1=C([N+](=O)[O-])C(c2ccc(C(F)(F)F)cc2)c2ccccc2O1. The fraction of sp³-hybridized carbons (Fsp3) is 0.176. The molecule has 0 amide bonds. The third-order valence-electron chi connectivity index (χ3n) is 3.94. The molecule has 5 nitrogen and oxygen atoms in total. The van der Waals surface area contributed by atoms with Crippen LogP contribution in [-0.4, -0.2) is 12.0 Å². The highest BCUT2D eigenvalue weighted by Gasteiger charge is 2.39. The first-order valence-electron chi connectivity index (χ1n) is 7.33. The number of nitrogens with one attached hydrogen (secondary N) is 1. The number of nitro groups is 1. The molecule has 0 fully saturated rings. The number of rotatable bonds is 3. The minimum atomic E-state index is -4.47. The summed E-state index contributed by atoms with van der Waals surface area (Å²) >= 11 is 0. The van der Waals surface area contributed by atoms with E-state index in [9.17, 15) is 23.3 Å². The molecule has 2 aromatic carbocycles. The van der Waals surface area contributed by atoms with Gasteiger partial charge in [-0.3, -0.25) is 10.1 Å². The van der Waals surface area contributed by atoms with Gasteiger partial charge in [0, 0.05) is 12.6 Å². The average Bonchev–Trinajstić information content (AvgIpc) is 2.59. The van der Waals surface area contributed by atoms with Crippen molar-refractivity contribution in [2.24, 2.45) is 0 Å². The molecule has 25 heavy (non-hydrogen) atoms. The Morgan fingerprint density at radius 2 is 1.76 bits per heavy atom. The summed E-state index contributed by atoms with van der Waals surface area (Å²) in [5, 5.41) is 14.2. The third-order valence-corrected chi connectivity index (χ3v) is 3.94. The monoisotopic (exact) mass is 350 g/mol. The molecule has 1 heterocycles. The maximum absolute atomic E-state index is 12.8. The van der Waals surface area contributed by atoms with E-state index in [1.807, 2.05) is 0 Å². The molecule has 0 bridgehead atoms. The molecule has 0 aromatic heterocycles. The largest absolute Gasteiger partial charge is 0.435 e. The average molecular weight is 350 g/mol. The van der Waals surface area contributed by atoms with E-state index in [0.717, 1.165) is 12.1 Å². The Hall–Kier alpha value is -3.03. The minimum absolute atomic E-state index is 0.0337. The van der Waals surface area contributed by atoms with Crippen molar-refractivity contribution in [1.29, 1.82) is 0 Å². The molecular weight excluding hydrogens is 337 g/mol. The Morgan fingerprint density at radius 1 is 1.12 bits per heavy atom. The van der Waals surface area contributed by atoms with Gasteiger partial charge in [-0.25, -0.2) is 0 Å². The van der Waals surface area contributed by atoms with E-state index in [1.54, 1.807) is 24.3 Å². The van der Waals surface area contributed by atoms with Crippen LogP contribution in [0.5, 0.6) is 5.75 Å². The summed E-state index contributed by atoms with van der Waals surface area (Å²) in [6.07, 6.45) is -4.47. The number of alkyl halides is 3. The van der Waals surface area contributed by atoms with Gasteiger partial charge in [0.1, 0.15) is 11.7 Å². The van der Waals surface area contributed by atoms with Crippen LogP contribution in [-0.2, 0) is 6.18 Å². The van der Waals surface area contributed by atoms with Crippen LogP contribution in [0.1, 0.15) is 22.6 Å². The fourth-order valence-corrected chi connectivity index (χ4v) is 2.82. The third kappa shape index (κ3) is 3.02. The molecule has 0 spiro atoms. The molecule has 0 radical (unpaired) electrons. The quantitative estimate of drug-likeness (QED) is 0.674. The first kappa shape index (κ1) is 16.8. The Kier molecular flexibility index (Phi) is 4.12. The van der Waals surface area contributed by atoms with Gasteiger partial charge in [-0.1, -0.05) is 30.3 Å². The number of halogens is 3. The summed E-state index contributed by atoms with van der Waals surface area (Å²) in [6.45, 7) is 0. The Balaban J connectivity index is 2.16. The fourth-order valence-electron chi connectivity index (χ4n) is 2.82. The Morgan fingerprint density at radius 3 is 2.32 bits per heavy atom. The number of hydrogen-bond donors (Lipinski definition) is 1. The van der Waals surface area contributed by atoms with Gasteiger partial charge in [0.15, 0.2) is 0 Å². The van der Waals surface area contributed by atoms with Crippen LogP contribution in [0.4, 0.5) is 13.2 Å². The lowest BCUT2D eigenvalue weighted by Gasteiger charge is -2.25. The van der Waals surface area contributed by atoms with Gasteiger partial charge < -0.3 is 10.1 Å². The van der Waals surface area contributed by atoms with Crippen molar-refractivity contribution in [2.45, 2.75) is 12.1 Å². The highest BCUT2D eigenvalue weighted by molar-refractivity contribution is 5.50. The number of benzene rings is 2. The van der Waals surface area contributed by atoms with Gasteiger partial charge in [0.25, 0.3) is 5.88 Å². The number of fused-ring (bicyclic) bond motifs is 1. The molecule has 0 saturated heterocycles. The van der Waals surface area contributed by atoms with Crippen molar-refractivity contribution in [3.63, 3.8) is 0 Å². The van der Waals surface area contributed by atoms with Crippen LogP contribution in [0.15, 0.2) is 60.1 Å². The van der Waals surface area contributed by atoms with Crippen molar-refractivity contribution in [1.82, 2.24) is 5.32 Å². The molecule has 0 saturated carbocycles. The minimum Gasteiger partial charge on any atom is -0.435 e. The standard InChI is InChI=1S/C17H13F3N2O3/c1-21-16-15(22(23)24)14(12-4-2-3-5-13(12)25-16)10-6-8-11(9-7-10)17(18,19)20/h2-9,14,21H,1H3. The van der Waals surface area contributed by atoms with Gasteiger partial charge in [-0.15, -0.1) is 0 Å². The van der Waals surface area contributed by atoms with Crippen LogP contribution >= 0.6 is 0 Å². The summed E-state index contributed by atoms with van der Waals surface area (Å²) in [7, 11) is 1.48. The number of para-hydroxylation sites is 1. The smallest absolute Gasteiger partial charge is 0.416 e. The molecule has 130 valence electrons. The summed E-state index contributed by atoms with van der Waals surface area (Å²) in [4.78, 5) is 11.0. The number of allylic oxidation sites excluding steroid dienone is 1. The Bertz CT molecular complexity index is 845. The topological polar surface area (TPSA) is 64.4 Å². The number of ether oxygens (including phenoxy) is 1. The maximum Gasteiger partial charge on any atom is 0.416 e. The zero-order chi connectivity index (χ0) is 18.2. The summed E-state index contributed by atoms with van der Waals surface area (Å²) in [5.41, 5.74) is -0.158. The first-order chi connectivity index (χ1) is 11.8. The molecule has 0 aliphatic carbocycles. The summed E-state index contributed by atoms with van der Waals surface area (Å²) < 4.78 is 43.9. The molecule has 1 aliphatic heterocycles. The van der Waals surface area contributed by atoms with E-state index in [-0.39, 0.29) is 11.6 Å². The van der Waals surface area contributed by atoms with E-state index in [0.29, 0.717) is 16.9 Å². The molecule has 2 aromatic rings. The lowest BCUT2D eigenvalue weighted by atomic mass is 9.86. The van der Waals surface area contributed by atoms with E-state index in [2.05, 4.69) is 5.32 Å². The van der Waals surface area contributed by atoms with Crippen LogP contribution in [0.3, 0.4) is 0 Å². The molecule has 1 aliphatic rings. The van der Waals surface area contributed by atoms with Gasteiger partial charge in [0.05, 0.1) is 10.5 Å². The number of nitrogens with zero attached hydrogens (tertiary/aromatic N) is 1. The first-order valence-corrected chi connectivity index (χ1v) is 7.33. The van der Waals surface area contributed by atoms with Gasteiger partial charge in [-0.05, 0) is 23.8 Å². The van der Waals surface area contributed by atoms with Crippen molar-refractivity contribution in [3.8, 4) is 5.75 Å². The van der Waals surface area contributed by atoms with Crippen LogP contribution in [0, 0.1) is 10.1 Å². The molecule has 1 atom stereocenters. The van der Waals surface area contributed by atoms with E-state index in [1.165, 1.54) is 19.2 Å². The molecule has 1 unspecified atom stereocenters. The highest BCUT2D eigenvalue weighted by Crippen LogP contribution is 2.43. The maximum atomic E-state index is 12.8. The van der Waals surface area contributed by atoms with E-state index >= 15 is 0 Å². The van der Waals surface area contributed by atoms with Crippen molar-refractivity contribution >= 4 is 0 Å². The van der Waals surface area contributed by atoms with Crippen molar-refractivity contribution < 1.29 is 22.8 Å². The van der Waals surface area contributed by atoms with Gasteiger partial charge >= 0.3 is 11.9 Å². The van der Waals surface area contributed by atoms with Gasteiger partial charge in [-0.2, -0.15) is 13.2 Å². The van der Waals surface area contributed by atoms with Gasteiger partial charge in [0.2, 0.25) is 0 Å². The second-order valence-corrected chi connectivity index (χ2v) is 5.41. The van der Waals surface area contributed by atoms with E-state index in [4.69, 9.17) is 4.74 Å². The second kappa shape index (κ2) is 6.12. The molecule has 3 rings (SSSR count). The van der Waals surface area contributed by atoms with Crippen molar-refractivity contribution in [2.75, 3.05) is 7.05 Å². The predicted molar refractivity (Wildman–Crippen MR) is 83.4 cm³/mol. The van der Waals surface area contributed by atoms with Crippen LogP contribution in [0.2, 0.25) is 0 Å². The lowest BCUT2D eigenvalue weighted by molar-refractivity contribution is -0.432. The summed E-state index contributed by atoms with van der Waals surface area (Å²) in [6, 6.07) is 11.1. The second-order valence-electron chi connectivity index (χ2n) is 5.41. The normalized spacial score (nSPS) is 16.9. The zero-order valence-electron chi connectivity index (χ0n) is 13.0. The molecule has 1 N–H and O–H groups in total. The van der Waals surface area contributed by atoms with Crippen molar-refractivity contribution in [3.05, 3.63) is 86.9 Å². The summed E-state index contributed by atoms with van der Waals surface area (Å²) in [5.74, 6) is -0.458. The zero-order valence-corrected chi connectivity index (χ0v) is 13.0. The lowest BCUT2D eigenvalue weighted by Crippen LogP contribution is -2.27. The Labute approximate surface area is 140 Å². The highest BCUT2D eigenvalue weighted by atomic mass is 19.4. The van der Waals surface area contributed by atoms with E-state index < -0.39 is 22.6 Å². The molecular formula is C17H13F3N2O3. The van der Waals surface area contributed by atoms with Crippen LogP contribution in [0.25, 0.3) is 0 Å². The predicted octanol–water partition coefficient (Wildman–Crippen LogP) is 3.89. The van der Waals surface area contributed by atoms with Crippen LogP contribution < -0.4 is 10.1 Å². The molecule has 8 heteroatoms. The number of hydrogen-bond acceptors (Lipinski definition) is 4.